The van der Waals surface area contributed by atoms with Crippen molar-refractivity contribution in [1.29, 1.82) is 0 Å². The molecule has 2 aromatic carbocycles. The highest BCUT2D eigenvalue weighted by Crippen LogP contribution is 2.27. The van der Waals surface area contributed by atoms with E-state index in [0.29, 0.717) is 18.2 Å². The lowest BCUT2D eigenvalue weighted by molar-refractivity contribution is -0.123. The number of ether oxygens (including phenoxy) is 1. The zero-order valence-electron chi connectivity index (χ0n) is 15.6. The van der Waals surface area contributed by atoms with Gasteiger partial charge in [-0.2, -0.15) is 0 Å². The summed E-state index contributed by atoms with van der Waals surface area (Å²) in [7, 11) is 0. The molecule has 5 heteroatoms. The summed E-state index contributed by atoms with van der Waals surface area (Å²) < 4.78 is 11.4. The molecule has 5 nitrogen and oxygen atoms in total. The van der Waals surface area contributed by atoms with Gasteiger partial charge in [-0.3, -0.25) is 4.79 Å². The molecule has 1 aliphatic heterocycles. The van der Waals surface area contributed by atoms with Crippen LogP contribution in [0.3, 0.4) is 0 Å². The van der Waals surface area contributed by atoms with Crippen molar-refractivity contribution in [1.82, 2.24) is 4.98 Å². The molecule has 0 fully saturated rings. The summed E-state index contributed by atoms with van der Waals surface area (Å²) in [5, 5.41) is 0. The first kappa shape index (κ1) is 17.5. The van der Waals surface area contributed by atoms with Crippen LogP contribution >= 0.6 is 0 Å². The van der Waals surface area contributed by atoms with E-state index in [9.17, 15) is 4.79 Å². The second-order valence-corrected chi connectivity index (χ2v) is 6.80. The van der Waals surface area contributed by atoms with E-state index < -0.39 is 0 Å². The standard InChI is InChI=1S/C22H22N2O3/c1-15-7-9-18(10-8-15)22-23-19(16(2)27-22)13-26-14-21(25)24-12-11-17-5-3-4-6-20(17)24/h3-10H,11-14H2,1-2H3. The summed E-state index contributed by atoms with van der Waals surface area (Å²) in [6, 6.07) is 16.0. The molecule has 138 valence electrons. The fourth-order valence-corrected chi connectivity index (χ4v) is 3.29. The number of para-hydroxylation sites is 1. The third-order valence-electron chi connectivity index (χ3n) is 4.84. The topological polar surface area (TPSA) is 55.6 Å². The number of benzene rings is 2. The third-order valence-corrected chi connectivity index (χ3v) is 4.84. The average Bonchev–Trinajstić information content (AvgIpc) is 3.26. The monoisotopic (exact) mass is 362 g/mol. The molecule has 1 amide bonds. The number of aromatic nitrogens is 1. The predicted molar refractivity (Wildman–Crippen MR) is 104 cm³/mol. The first-order valence-electron chi connectivity index (χ1n) is 9.11. The van der Waals surface area contributed by atoms with E-state index in [4.69, 9.17) is 9.15 Å². The van der Waals surface area contributed by atoms with Crippen molar-refractivity contribution in [2.45, 2.75) is 26.9 Å². The molecule has 0 N–H and O–H groups in total. The number of anilines is 1. The number of nitrogens with zero attached hydrogens (tertiary/aromatic N) is 2. The van der Waals surface area contributed by atoms with Crippen LogP contribution in [-0.2, 0) is 22.6 Å². The smallest absolute Gasteiger partial charge is 0.253 e. The number of hydrogen-bond donors (Lipinski definition) is 0. The molecule has 0 atom stereocenters. The Hall–Kier alpha value is -2.92. The van der Waals surface area contributed by atoms with Gasteiger partial charge in [0.15, 0.2) is 0 Å². The quantitative estimate of drug-likeness (QED) is 0.687. The minimum atomic E-state index is -0.0279. The number of carbonyl (C=O) groups is 1. The van der Waals surface area contributed by atoms with Crippen molar-refractivity contribution in [2.75, 3.05) is 18.1 Å². The molecular weight excluding hydrogens is 340 g/mol. The van der Waals surface area contributed by atoms with Gasteiger partial charge in [0.1, 0.15) is 18.1 Å². The average molecular weight is 362 g/mol. The SMILES string of the molecule is Cc1ccc(-c2nc(COCC(=O)N3CCc4ccccc43)c(C)o2)cc1. The van der Waals surface area contributed by atoms with E-state index in [1.165, 1.54) is 11.1 Å². The Bertz CT molecular complexity index is 960. The molecule has 0 saturated heterocycles. The van der Waals surface area contributed by atoms with Gasteiger partial charge in [0.2, 0.25) is 5.89 Å². The van der Waals surface area contributed by atoms with Gasteiger partial charge in [-0.05, 0) is 44.0 Å². The molecule has 0 spiro atoms. The van der Waals surface area contributed by atoms with Crippen LogP contribution in [-0.4, -0.2) is 24.0 Å². The van der Waals surface area contributed by atoms with Crippen LogP contribution in [0.2, 0.25) is 0 Å². The minimum Gasteiger partial charge on any atom is -0.441 e. The van der Waals surface area contributed by atoms with Gasteiger partial charge < -0.3 is 14.1 Å². The van der Waals surface area contributed by atoms with Crippen LogP contribution in [0.15, 0.2) is 52.9 Å². The van der Waals surface area contributed by atoms with Crippen LogP contribution < -0.4 is 4.90 Å². The van der Waals surface area contributed by atoms with E-state index >= 15 is 0 Å². The van der Waals surface area contributed by atoms with Crippen LogP contribution in [0, 0.1) is 13.8 Å². The maximum absolute atomic E-state index is 12.5. The normalized spacial score (nSPS) is 13.0. The predicted octanol–water partition coefficient (Wildman–Crippen LogP) is 4.06. The van der Waals surface area contributed by atoms with Crippen LogP contribution in [0.1, 0.15) is 22.6 Å². The molecule has 27 heavy (non-hydrogen) atoms. The van der Waals surface area contributed by atoms with E-state index in [1.807, 2.05) is 56.3 Å². The first-order chi connectivity index (χ1) is 13.1. The minimum absolute atomic E-state index is 0.0279. The van der Waals surface area contributed by atoms with Crippen LogP contribution in [0.4, 0.5) is 5.69 Å². The largest absolute Gasteiger partial charge is 0.441 e. The number of hydrogen-bond acceptors (Lipinski definition) is 4. The molecule has 3 aromatic rings. The van der Waals surface area contributed by atoms with Crippen LogP contribution in [0.25, 0.3) is 11.5 Å². The van der Waals surface area contributed by atoms with E-state index in [2.05, 4.69) is 11.1 Å². The van der Waals surface area contributed by atoms with Crippen molar-refractivity contribution < 1.29 is 13.9 Å². The van der Waals surface area contributed by atoms with Crippen molar-refractivity contribution in [3.8, 4) is 11.5 Å². The van der Waals surface area contributed by atoms with E-state index in [0.717, 1.165) is 23.4 Å². The zero-order valence-corrected chi connectivity index (χ0v) is 15.6. The van der Waals surface area contributed by atoms with Crippen molar-refractivity contribution >= 4 is 11.6 Å². The van der Waals surface area contributed by atoms with Crippen molar-refractivity contribution in [3.05, 3.63) is 71.1 Å². The molecule has 1 aromatic heterocycles. The van der Waals surface area contributed by atoms with Crippen molar-refractivity contribution in [3.63, 3.8) is 0 Å². The highest BCUT2D eigenvalue weighted by molar-refractivity contribution is 5.96. The highest BCUT2D eigenvalue weighted by Gasteiger charge is 2.24. The molecule has 2 heterocycles. The van der Waals surface area contributed by atoms with Gasteiger partial charge in [-0.15, -0.1) is 0 Å². The van der Waals surface area contributed by atoms with Crippen LogP contribution in [0.5, 0.6) is 0 Å². The van der Waals surface area contributed by atoms with Gasteiger partial charge in [0.25, 0.3) is 5.91 Å². The Labute approximate surface area is 158 Å². The fraction of sp³-hybridized carbons (Fsp3) is 0.273. The summed E-state index contributed by atoms with van der Waals surface area (Å²) in [6.07, 6.45) is 0.893. The molecule has 4 rings (SSSR count). The van der Waals surface area contributed by atoms with Gasteiger partial charge >= 0.3 is 0 Å². The van der Waals surface area contributed by atoms with Gasteiger partial charge in [-0.25, -0.2) is 4.98 Å². The van der Waals surface area contributed by atoms with E-state index in [1.54, 1.807) is 4.90 Å². The Morgan fingerprint density at radius 2 is 1.93 bits per heavy atom. The molecule has 1 aliphatic rings. The van der Waals surface area contributed by atoms with Gasteiger partial charge in [-0.1, -0.05) is 35.9 Å². The Kier molecular flexibility index (Phi) is 4.77. The lowest BCUT2D eigenvalue weighted by atomic mass is 10.1. The Morgan fingerprint density at radius 3 is 2.74 bits per heavy atom. The summed E-state index contributed by atoms with van der Waals surface area (Å²) in [6.45, 7) is 4.90. The lowest BCUT2D eigenvalue weighted by Crippen LogP contribution is -2.32. The van der Waals surface area contributed by atoms with Gasteiger partial charge in [0.05, 0.1) is 6.61 Å². The maximum atomic E-state index is 12.5. The zero-order chi connectivity index (χ0) is 18.8. The second-order valence-electron chi connectivity index (χ2n) is 6.80. The molecular formula is C22H22N2O3. The summed E-state index contributed by atoms with van der Waals surface area (Å²) in [4.78, 5) is 18.8. The molecule has 0 unspecified atom stereocenters. The number of fused-ring (bicyclic) bond motifs is 1. The van der Waals surface area contributed by atoms with Crippen molar-refractivity contribution in [2.24, 2.45) is 0 Å². The Balaban J connectivity index is 1.37. The fourth-order valence-electron chi connectivity index (χ4n) is 3.29. The molecule has 0 bridgehead atoms. The second kappa shape index (κ2) is 7.37. The van der Waals surface area contributed by atoms with E-state index in [-0.39, 0.29) is 19.1 Å². The number of carbonyl (C=O) groups excluding carboxylic acids is 1. The molecule has 0 aliphatic carbocycles. The lowest BCUT2D eigenvalue weighted by Gasteiger charge is -2.17. The number of aryl methyl sites for hydroxylation is 2. The number of rotatable bonds is 5. The molecule has 0 radical (unpaired) electrons. The Morgan fingerprint density at radius 1 is 1.15 bits per heavy atom. The summed E-state index contributed by atoms with van der Waals surface area (Å²) in [5.41, 5.74) is 5.04. The maximum Gasteiger partial charge on any atom is 0.253 e. The summed E-state index contributed by atoms with van der Waals surface area (Å²) in [5.74, 6) is 1.26. The third kappa shape index (κ3) is 3.64. The van der Waals surface area contributed by atoms with Gasteiger partial charge in [0, 0.05) is 17.8 Å². The summed E-state index contributed by atoms with van der Waals surface area (Å²) >= 11 is 0. The highest BCUT2D eigenvalue weighted by atomic mass is 16.5. The number of amides is 1. The molecule has 0 saturated carbocycles. The number of oxazole rings is 1. The first-order valence-corrected chi connectivity index (χ1v) is 9.11.